The Hall–Kier alpha value is -3.45. The molecule has 146 valence electrons. The van der Waals surface area contributed by atoms with E-state index < -0.39 is 5.97 Å². The average Bonchev–Trinajstić information content (AvgIpc) is 3.32. The van der Waals surface area contributed by atoms with Crippen LogP contribution in [0.2, 0.25) is 0 Å². The van der Waals surface area contributed by atoms with Crippen molar-refractivity contribution in [2.24, 2.45) is 0 Å². The molecular formula is C22H17FN2O3S. The van der Waals surface area contributed by atoms with Gasteiger partial charge in [-0.25, -0.2) is 9.18 Å². The van der Waals surface area contributed by atoms with Crippen LogP contribution in [-0.4, -0.2) is 23.6 Å². The zero-order chi connectivity index (χ0) is 20.4. The molecule has 2 aromatic carbocycles. The van der Waals surface area contributed by atoms with Crippen molar-refractivity contribution in [3.8, 4) is 0 Å². The minimum absolute atomic E-state index is 0.263. The minimum Gasteiger partial charge on any atom is -0.465 e. The molecular weight excluding hydrogens is 391 g/mol. The average molecular weight is 408 g/mol. The normalized spacial score (nSPS) is 10.8. The van der Waals surface area contributed by atoms with Crippen molar-refractivity contribution in [2.75, 3.05) is 12.4 Å². The fraction of sp³-hybridized carbons (Fsp3) is 0.0909. The van der Waals surface area contributed by atoms with Crippen LogP contribution >= 0.6 is 11.3 Å². The Bertz CT molecular complexity index is 1180. The molecule has 4 aromatic rings. The third-order valence-corrected chi connectivity index (χ3v) is 5.43. The van der Waals surface area contributed by atoms with Crippen LogP contribution < -0.4 is 5.32 Å². The van der Waals surface area contributed by atoms with E-state index in [0.29, 0.717) is 23.5 Å². The van der Waals surface area contributed by atoms with Gasteiger partial charge in [0.15, 0.2) is 0 Å². The Morgan fingerprint density at radius 3 is 2.48 bits per heavy atom. The zero-order valence-corrected chi connectivity index (χ0v) is 16.3. The van der Waals surface area contributed by atoms with Gasteiger partial charge < -0.3 is 14.6 Å². The van der Waals surface area contributed by atoms with Gasteiger partial charge in [0.05, 0.1) is 22.9 Å². The Morgan fingerprint density at radius 1 is 1.07 bits per heavy atom. The van der Waals surface area contributed by atoms with Gasteiger partial charge in [-0.05, 0) is 59.5 Å². The molecule has 4 rings (SSSR count). The summed E-state index contributed by atoms with van der Waals surface area (Å²) in [6, 6.07) is 16.5. The van der Waals surface area contributed by atoms with E-state index in [9.17, 15) is 14.0 Å². The number of carbonyl (C=O) groups is 2. The number of benzene rings is 2. The highest BCUT2D eigenvalue weighted by Crippen LogP contribution is 2.27. The lowest BCUT2D eigenvalue weighted by Gasteiger charge is -2.11. The summed E-state index contributed by atoms with van der Waals surface area (Å²) < 4.78 is 20.8. The van der Waals surface area contributed by atoms with Crippen molar-refractivity contribution in [2.45, 2.75) is 6.54 Å². The maximum Gasteiger partial charge on any atom is 0.337 e. The third-order valence-electron chi connectivity index (χ3n) is 4.57. The maximum atomic E-state index is 13.2. The quantitative estimate of drug-likeness (QED) is 0.477. The Balaban J connectivity index is 1.61. The van der Waals surface area contributed by atoms with Gasteiger partial charge in [0, 0.05) is 12.2 Å². The largest absolute Gasteiger partial charge is 0.465 e. The molecule has 0 fully saturated rings. The summed E-state index contributed by atoms with van der Waals surface area (Å²) in [5.41, 5.74) is 3.33. The summed E-state index contributed by atoms with van der Waals surface area (Å²) in [6.07, 6.45) is 0. The van der Waals surface area contributed by atoms with Crippen LogP contribution in [0.4, 0.5) is 10.1 Å². The lowest BCUT2D eigenvalue weighted by Crippen LogP contribution is -2.17. The molecule has 7 heteroatoms. The van der Waals surface area contributed by atoms with Gasteiger partial charge >= 0.3 is 5.97 Å². The summed E-state index contributed by atoms with van der Waals surface area (Å²) in [5.74, 6) is -0.993. The number of hydrogen-bond acceptors (Lipinski definition) is 4. The molecule has 0 radical (unpaired) electrons. The van der Waals surface area contributed by atoms with Gasteiger partial charge in [-0.2, -0.15) is 0 Å². The molecule has 2 heterocycles. The smallest absolute Gasteiger partial charge is 0.337 e. The van der Waals surface area contributed by atoms with E-state index in [1.807, 2.05) is 22.1 Å². The van der Waals surface area contributed by atoms with Crippen molar-refractivity contribution >= 4 is 39.1 Å². The van der Waals surface area contributed by atoms with Crippen molar-refractivity contribution in [1.82, 2.24) is 4.57 Å². The van der Waals surface area contributed by atoms with Crippen LogP contribution in [0.1, 0.15) is 26.4 Å². The SMILES string of the molecule is COC(=O)c1ccc(NC(=O)c2cc3sccc3n2Cc2ccc(F)cc2)cc1. The molecule has 29 heavy (non-hydrogen) atoms. The molecule has 0 spiro atoms. The predicted molar refractivity (Wildman–Crippen MR) is 111 cm³/mol. The third kappa shape index (κ3) is 3.90. The number of methoxy groups -OCH3 is 1. The second-order valence-electron chi connectivity index (χ2n) is 6.44. The summed E-state index contributed by atoms with van der Waals surface area (Å²) in [7, 11) is 1.32. The van der Waals surface area contributed by atoms with E-state index >= 15 is 0 Å². The Kier molecular flexibility index (Phi) is 5.14. The molecule has 1 N–H and O–H groups in total. The number of thiophene rings is 1. The molecule has 2 aromatic heterocycles. The number of ether oxygens (including phenoxy) is 1. The topological polar surface area (TPSA) is 60.3 Å². The predicted octanol–water partition coefficient (Wildman–Crippen LogP) is 4.93. The highest BCUT2D eigenvalue weighted by atomic mass is 32.1. The number of esters is 1. The van der Waals surface area contributed by atoms with Crippen LogP contribution in [-0.2, 0) is 11.3 Å². The molecule has 1 amide bonds. The number of anilines is 1. The number of carbonyl (C=O) groups excluding carboxylic acids is 2. The number of rotatable bonds is 5. The molecule has 0 saturated carbocycles. The van der Waals surface area contributed by atoms with E-state index in [-0.39, 0.29) is 11.7 Å². The first kappa shape index (κ1) is 18.9. The van der Waals surface area contributed by atoms with Crippen molar-refractivity contribution in [3.63, 3.8) is 0 Å². The first-order chi connectivity index (χ1) is 14.0. The van der Waals surface area contributed by atoms with Crippen molar-refractivity contribution in [3.05, 3.63) is 88.7 Å². The van der Waals surface area contributed by atoms with Gasteiger partial charge in [0.1, 0.15) is 11.5 Å². The highest BCUT2D eigenvalue weighted by Gasteiger charge is 2.17. The number of nitrogens with zero attached hydrogens (tertiary/aromatic N) is 1. The molecule has 0 atom stereocenters. The zero-order valence-electron chi connectivity index (χ0n) is 15.5. The number of halogens is 1. The summed E-state index contributed by atoms with van der Waals surface area (Å²) in [4.78, 5) is 24.5. The van der Waals surface area contributed by atoms with Crippen LogP contribution in [0.25, 0.3) is 10.2 Å². The summed E-state index contributed by atoms with van der Waals surface area (Å²) >= 11 is 1.55. The second kappa shape index (κ2) is 7.89. The second-order valence-corrected chi connectivity index (χ2v) is 7.38. The van der Waals surface area contributed by atoms with E-state index in [0.717, 1.165) is 15.8 Å². The first-order valence-electron chi connectivity index (χ1n) is 8.86. The fourth-order valence-electron chi connectivity index (χ4n) is 3.11. The molecule has 0 aliphatic rings. The fourth-order valence-corrected chi connectivity index (χ4v) is 3.93. The van der Waals surface area contributed by atoms with Gasteiger partial charge in [0.2, 0.25) is 0 Å². The van der Waals surface area contributed by atoms with Gasteiger partial charge in [-0.15, -0.1) is 11.3 Å². The molecule has 0 unspecified atom stereocenters. The van der Waals surface area contributed by atoms with Crippen LogP contribution in [0.15, 0.2) is 66.0 Å². The molecule has 0 aliphatic carbocycles. The number of amides is 1. The lowest BCUT2D eigenvalue weighted by atomic mass is 10.2. The van der Waals surface area contributed by atoms with E-state index in [1.54, 1.807) is 47.7 Å². The maximum absolute atomic E-state index is 13.2. The number of hydrogen-bond donors (Lipinski definition) is 1. The van der Waals surface area contributed by atoms with E-state index in [1.165, 1.54) is 19.2 Å². The monoisotopic (exact) mass is 408 g/mol. The molecule has 0 saturated heterocycles. The molecule has 0 aliphatic heterocycles. The van der Waals surface area contributed by atoms with Crippen LogP contribution in [0.3, 0.4) is 0 Å². The minimum atomic E-state index is -0.434. The lowest BCUT2D eigenvalue weighted by molar-refractivity contribution is 0.0600. The molecule has 5 nitrogen and oxygen atoms in total. The number of nitrogens with one attached hydrogen (secondary N) is 1. The Morgan fingerprint density at radius 2 is 1.79 bits per heavy atom. The summed E-state index contributed by atoms with van der Waals surface area (Å²) in [5, 5.41) is 4.83. The van der Waals surface area contributed by atoms with Crippen molar-refractivity contribution in [1.29, 1.82) is 0 Å². The Labute approximate surface area is 170 Å². The van der Waals surface area contributed by atoms with Crippen LogP contribution in [0.5, 0.6) is 0 Å². The highest BCUT2D eigenvalue weighted by molar-refractivity contribution is 7.17. The van der Waals surface area contributed by atoms with Gasteiger partial charge in [-0.3, -0.25) is 4.79 Å². The van der Waals surface area contributed by atoms with E-state index in [2.05, 4.69) is 10.1 Å². The number of aromatic nitrogens is 1. The first-order valence-corrected chi connectivity index (χ1v) is 9.74. The van der Waals surface area contributed by atoms with Crippen LogP contribution in [0, 0.1) is 5.82 Å². The number of fused-ring (bicyclic) bond motifs is 1. The van der Waals surface area contributed by atoms with E-state index in [4.69, 9.17) is 0 Å². The standard InChI is InChI=1S/C22H17FN2O3S/c1-28-22(27)15-4-8-17(9-5-15)24-21(26)19-12-20-18(10-11-29-20)25(19)13-14-2-6-16(23)7-3-14/h2-12H,13H2,1H3,(H,24,26). The van der Waals surface area contributed by atoms with Crippen molar-refractivity contribution < 1.29 is 18.7 Å². The van der Waals surface area contributed by atoms with Gasteiger partial charge in [-0.1, -0.05) is 12.1 Å². The molecule has 0 bridgehead atoms. The summed E-state index contributed by atoms with van der Waals surface area (Å²) in [6.45, 7) is 0.449. The van der Waals surface area contributed by atoms with Gasteiger partial charge in [0.25, 0.3) is 5.91 Å².